The minimum Gasteiger partial charge on any atom is -0.296 e. The van der Waals surface area contributed by atoms with Crippen LogP contribution in [-0.4, -0.2) is 16.1 Å². The number of carbonyl (C=O) groups is 1. The Balaban J connectivity index is 2.14. The summed E-state index contributed by atoms with van der Waals surface area (Å²) in [6.45, 7) is 8.08. The number of thiophene rings is 1. The van der Waals surface area contributed by atoms with Crippen LogP contribution in [0.15, 0.2) is 5.38 Å². The average Bonchev–Trinajstić information content (AvgIpc) is 2.88. The molecule has 18 heavy (non-hydrogen) atoms. The van der Waals surface area contributed by atoms with E-state index < -0.39 is 0 Å². The zero-order valence-electron chi connectivity index (χ0n) is 10.8. The zero-order valence-corrected chi connectivity index (χ0v) is 12.4. The van der Waals surface area contributed by atoms with Crippen molar-refractivity contribution in [2.45, 2.75) is 33.6 Å². The molecule has 2 heterocycles. The van der Waals surface area contributed by atoms with Gasteiger partial charge in [0.1, 0.15) is 5.01 Å². The van der Waals surface area contributed by atoms with Gasteiger partial charge in [-0.05, 0) is 19.4 Å². The fourth-order valence-electron chi connectivity index (χ4n) is 1.42. The first kappa shape index (κ1) is 13.2. The number of hydrogen-bond acceptors (Lipinski definition) is 5. The molecule has 0 unspecified atom stereocenters. The Morgan fingerprint density at radius 2 is 2.06 bits per heavy atom. The van der Waals surface area contributed by atoms with Crippen LogP contribution in [0.1, 0.15) is 45.6 Å². The Morgan fingerprint density at radius 1 is 1.33 bits per heavy atom. The molecule has 1 N–H and O–H groups in total. The molecule has 2 rings (SSSR count). The van der Waals surface area contributed by atoms with Crippen molar-refractivity contribution in [3.05, 3.63) is 26.4 Å². The van der Waals surface area contributed by atoms with Gasteiger partial charge in [-0.3, -0.25) is 10.1 Å². The molecular weight excluding hydrogens is 266 g/mol. The summed E-state index contributed by atoms with van der Waals surface area (Å²) in [5, 5.41) is 14.2. The molecule has 0 atom stereocenters. The second-order valence-corrected chi connectivity index (χ2v) is 6.48. The minimum absolute atomic E-state index is 0.108. The number of nitrogens with one attached hydrogen (secondary N) is 1. The lowest BCUT2D eigenvalue weighted by Crippen LogP contribution is -2.12. The summed E-state index contributed by atoms with van der Waals surface area (Å²) in [7, 11) is 0. The monoisotopic (exact) mass is 281 g/mol. The third-order valence-corrected chi connectivity index (χ3v) is 4.84. The topological polar surface area (TPSA) is 54.9 Å². The molecule has 1 amide bonds. The zero-order chi connectivity index (χ0) is 13.3. The highest BCUT2D eigenvalue weighted by Crippen LogP contribution is 2.25. The number of carbonyl (C=O) groups excluding carboxylic acids is 1. The van der Waals surface area contributed by atoms with Gasteiger partial charge in [-0.15, -0.1) is 21.5 Å². The highest BCUT2D eigenvalue weighted by atomic mass is 32.1. The predicted octanol–water partition coefficient (Wildman–Crippen LogP) is 3.59. The summed E-state index contributed by atoms with van der Waals surface area (Å²) in [5.74, 6) is 0.224. The van der Waals surface area contributed by atoms with Gasteiger partial charge in [0.15, 0.2) is 0 Å². The van der Waals surface area contributed by atoms with Gasteiger partial charge >= 0.3 is 0 Å². The van der Waals surface area contributed by atoms with Crippen LogP contribution in [0, 0.1) is 13.8 Å². The van der Waals surface area contributed by atoms with Gasteiger partial charge < -0.3 is 0 Å². The lowest BCUT2D eigenvalue weighted by Gasteiger charge is -2.00. The van der Waals surface area contributed by atoms with Gasteiger partial charge in [0, 0.05) is 16.2 Å². The lowest BCUT2D eigenvalue weighted by atomic mass is 10.2. The minimum atomic E-state index is -0.108. The SMILES string of the molecule is Cc1scc(C(=O)Nc2nnc(C(C)C)s2)c1C. The molecule has 2 aromatic heterocycles. The maximum absolute atomic E-state index is 12.1. The maximum Gasteiger partial charge on any atom is 0.258 e. The molecule has 0 bridgehead atoms. The standard InChI is InChI=1S/C12H15N3OS2/c1-6(2)11-14-15-12(18-11)13-10(16)9-5-17-8(4)7(9)3/h5-6H,1-4H3,(H,13,15,16). The van der Waals surface area contributed by atoms with Gasteiger partial charge in [0.05, 0.1) is 5.56 Å². The van der Waals surface area contributed by atoms with Crippen molar-refractivity contribution >= 4 is 33.7 Å². The highest BCUT2D eigenvalue weighted by Gasteiger charge is 2.15. The number of amides is 1. The smallest absolute Gasteiger partial charge is 0.258 e. The van der Waals surface area contributed by atoms with Crippen LogP contribution in [0.3, 0.4) is 0 Å². The van der Waals surface area contributed by atoms with Crippen molar-refractivity contribution in [3.63, 3.8) is 0 Å². The number of rotatable bonds is 3. The van der Waals surface area contributed by atoms with Crippen LogP contribution in [0.4, 0.5) is 5.13 Å². The fraction of sp³-hybridized carbons (Fsp3) is 0.417. The number of anilines is 1. The molecule has 0 radical (unpaired) electrons. The van der Waals surface area contributed by atoms with E-state index in [2.05, 4.69) is 29.4 Å². The molecule has 0 aliphatic rings. The van der Waals surface area contributed by atoms with Gasteiger partial charge in [-0.2, -0.15) is 0 Å². The molecule has 0 fully saturated rings. The Bertz CT molecular complexity index is 572. The van der Waals surface area contributed by atoms with Crippen LogP contribution >= 0.6 is 22.7 Å². The second kappa shape index (κ2) is 5.16. The largest absolute Gasteiger partial charge is 0.296 e. The summed E-state index contributed by atoms with van der Waals surface area (Å²) in [6.07, 6.45) is 0. The van der Waals surface area contributed by atoms with Crippen LogP contribution in [0.25, 0.3) is 0 Å². The summed E-state index contributed by atoms with van der Waals surface area (Å²) in [4.78, 5) is 13.2. The third kappa shape index (κ3) is 2.59. The molecule has 2 aromatic rings. The molecule has 0 aromatic carbocycles. The van der Waals surface area contributed by atoms with Crippen LogP contribution in [-0.2, 0) is 0 Å². The normalized spacial score (nSPS) is 10.9. The van der Waals surface area contributed by atoms with Crippen LogP contribution in [0.2, 0.25) is 0 Å². The van der Waals surface area contributed by atoms with E-state index in [9.17, 15) is 4.79 Å². The van der Waals surface area contributed by atoms with E-state index in [-0.39, 0.29) is 5.91 Å². The average molecular weight is 281 g/mol. The predicted molar refractivity (Wildman–Crippen MR) is 75.7 cm³/mol. The molecule has 96 valence electrons. The van der Waals surface area contributed by atoms with Crippen molar-refractivity contribution in [3.8, 4) is 0 Å². The fourth-order valence-corrected chi connectivity index (χ4v) is 3.03. The molecule has 0 saturated heterocycles. The molecular formula is C12H15N3OS2. The number of aromatic nitrogens is 2. The van der Waals surface area contributed by atoms with Crippen molar-refractivity contribution in [2.75, 3.05) is 5.32 Å². The van der Waals surface area contributed by atoms with E-state index >= 15 is 0 Å². The number of nitrogens with zero attached hydrogens (tertiary/aromatic N) is 2. The van der Waals surface area contributed by atoms with Gasteiger partial charge in [0.2, 0.25) is 5.13 Å². The molecule has 4 nitrogen and oxygen atoms in total. The van der Waals surface area contributed by atoms with E-state index in [1.54, 1.807) is 11.3 Å². The van der Waals surface area contributed by atoms with E-state index in [1.807, 2.05) is 19.2 Å². The van der Waals surface area contributed by atoms with Crippen LogP contribution in [0.5, 0.6) is 0 Å². The van der Waals surface area contributed by atoms with Crippen molar-refractivity contribution in [1.29, 1.82) is 0 Å². The number of hydrogen-bond donors (Lipinski definition) is 1. The van der Waals surface area contributed by atoms with Gasteiger partial charge in [0.25, 0.3) is 5.91 Å². The Hall–Kier alpha value is -1.27. The van der Waals surface area contributed by atoms with Crippen molar-refractivity contribution in [2.24, 2.45) is 0 Å². The quantitative estimate of drug-likeness (QED) is 0.935. The summed E-state index contributed by atoms with van der Waals surface area (Å²) >= 11 is 3.01. The Morgan fingerprint density at radius 3 is 2.56 bits per heavy atom. The van der Waals surface area contributed by atoms with Gasteiger partial charge in [-0.25, -0.2) is 0 Å². The van der Waals surface area contributed by atoms with Gasteiger partial charge in [-0.1, -0.05) is 25.2 Å². The van der Waals surface area contributed by atoms with E-state index in [0.717, 1.165) is 16.1 Å². The van der Waals surface area contributed by atoms with Crippen molar-refractivity contribution in [1.82, 2.24) is 10.2 Å². The summed E-state index contributed by atoms with van der Waals surface area (Å²) in [6, 6.07) is 0. The first-order valence-electron chi connectivity index (χ1n) is 5.68. The summed E-state index contributed by atoms with van der Waals surface area (Å²) < 4.78 is 0. The maximum atomic E-state index is 12.1. The van der Waals surface area contributed by atoms with E-state index in [1.165, 1.54) is 16.2 Å². The molecule has 6 heteroatoms. The molecule has 0 spiro atoms. The Kier molecular flexibility index (Phi) is 3.77. The molecule has 0 saturated carbocycles. The Labute approximate surface area is 114 Å². The van der Waals surface area contributed by atoms with Crippen molar-refractivity contribution < 1.29 is 4.79 Å². The van der Waals surface area contributed by atoms with E-state index in [4.69, 9.17) is 0 Å². The highest BCUT2D eigenvalue weighted by molar-refractivity contribution is 7.15. The second-order valence-electron chi connectivity index (χ2n) is 4.38. The summed E-state index contributed by atoms with van der Waals surface area (Å²) in [5.41, 5.74) is 1.75. The first-order chi connectivity index (χ1) is 8.49. The lowest BCUT2D eigenvalue weighted by molar-refractivity contribution is 0.102. The molecule has 0 aliphatic heterocycles. The molecule has 0 aliphatic carbocycles. The van der Waals surface area contributed by atoms with E-state index in [0.29, 0.717) is 11.0 Å². The van der Waals surface area contributed by atoms with Crippen LogP contribution < -0.4 is 5.32 Å². The first-order valence-corrected chi connectivity index (χ1v) is 7.38. The third-order valence-electron chi connectivity index (χ3n) is 2.69. The number of aryl methyl sites for hydroxylation is 1.